The van der Waals surface area contributed by atoms with Gasteiger partial charge in [0.15, 0.2) is 0 Å². The molecule has 1 fully saturated rings. The molecule has 2 amide bonds. The lowest BCUT2D eigenvalue weighted by atomic mass is 9.93. The van der Waals surface area contributed by atoms with E-state index < -0.39 is 0 Å². The molecule has 0 saturated carbocycles. The molecule has 4 nitrogen and oxygen atoms in total. The number of carbonyl (C=O) groups is 2. The lowest BCUT2D eigenvalue weighted by molar-refractivity contribution is -0.120. The zero-order chi connectivity index (χ0) is 16.2. The number of nitrogens with one attached hydrogen (secondary N) is 1. The molecule has 23 heavy (non-hydrogen) atoms. The van der Waals surface area contributed by atoms with E-state index in [0.29, 0.717) is 16.3 Å². The molecule has 1 aliphatic carbocycles. The molecule has 1 aliphatic heterocycles. The first-order valence-electron chi connectivity index (χ1n) is 8.20. The highest BCUT2D eigenvalue weighted by Gasteiger charge is 2.22. The molecule has 1 atom stereocenters. The minimum absolute atomic E-state index is 0.00950. The summed E-state index contributed by atoms with van der Waals surface area (Å²) in [7, 11) is 0. The Bertz CT molecular complexity index is 636. The van der Waals surface area contributed by atoms with Gasteiger partial charge in [0.1, 0.15) is 0 Å². The summed E-state index contributed by atoms with van der Waals surface area (Å²) in [5.74, 6) is -0.0358. The van der Waals surface area contributed by atoms with Crippen LogP contribution in [0.1, 0.15) is 42.5 Å². The average Bonchev–Trinajstić information content (AvgIpc) is 3.11. The van der Waals surface area contributed by atoms with Crippen molar-refractivity contribution in [2.75, 3.05) is 18.4 Å². The number of allylic oxidation sites excluding steroid dienone is 2. The van der Waals surface area contributed by atoms with E-state index in [9.17, 15) is 9.59 Å². The molecule has 0 unspecified atom stereocenters. The van der Waals surface area contributed by atoms with Gasteiger partial charge in [-0.15, -0.1) is 0 Å². The van der Waals surface area contributed by atoms with Crippen molar-refractivity contribution >= 4 is 29.1 Å². The summed E-state index contributed by atoms with van der Waals surface area (Å²) >= 11 is 6.19. The highest BCUT2D eigenvalue weighted by molar-refractivity contribution is 6.33. The topological polar surface area (TPSA) is 49.4 Å². The molecule has 0 aromatic heterocycles. The van der Waals surface area contributed by atoms with Crippen LogP contribution in [-0.4, -0.2) is 29.8 Å². The Hall–Kier alpha value is -1.81. The quantitative estimate of drug-likeness (QED) is 0.854. The maximum absolute atomic E-state index is 12.5. The average molecular weight is 333 g/mol. The smallest absolute Gasteiger partial charge is 0.253 e. The summed E-state index contributed by atoms with van der Waals surface area (Å²) in [5.41, 5.74) is 1.10. The number of hydrogen-bond acceptors (Lipinski definition) is 2. The van der Waals surface area contributed by atoms with Crippen molar-refractivity contribution in [2.45, 2.75) is 32.1 Å². The van der Waals surface area contributed by atoms with E-state index in [2.05, 4.69) is 11.4 Å². The third-order valence-electron chi connectivity index (χ3n) is 4.50. The van der Waals surface area contributed by atoms with E-state index in [1.807, 2.05) is 11.0 Å². The minimum atomic E-state index is -0.0259. The van der Waals surface area contributed by atoms with Crippen molar-refractivity contribution in [3.63, 3.8) is 0 Å². The number of anilines is 1. The lowest BCUT2D eigenvalue weighted by Crippen LogP contribution is -2.28. The molecule has 1 heterocycles. The second kappa shape index (κ2) is 7.18. The molecule has 0 radical (unpaired) electrons. The van der Waals surface area contributed by atoms with Gasteiger partial charge < -0.3 is 10.2 Å². The summed E-state index contributed by atoms with van der Waals surface area (Å²) < 4.78 is 0. The van der Waals surface area contributed by atoms with Gasteiger partial charge in [-0.3, -0.25) is 9.59 Å². The van der Waals surface area contributed by atoms with E-state index in [1.54, 1.807) is 18.2 Å². The summed E-state index contributed by atoms with van der Waals surface area (Å²) in [5, 5.41) is 3.35. The van der Waals surface area contributed by atoms with Crippen LogP contribution in [0.25, 0.3) is 0 Å². The van der Waals surface area contributed by atoms with Gasteiger partial charge in [-0.05, 0) is 50.3 Å². The standard InChI is InChI=1S/C18H21ClN2O2/c19-15-9-8-14(18(23)21-10-4-5-11-21)12-16(15)20-17(22)13-6-2-1-3-7-13/h1-2,8-9,12-13H,3-7,10-11H2,(H,20,22)/t13-/m0/s1. The van der Waals surface area contributed by atoms with E-state index >= 15 is 0 Å². The minimum Gasteiger partial charge on any atom is -0.339 e. The summed E-state index contributed by atoms with van der Waals surface area (Å²) in [6, 6.07) is 5.10. The molecular formula is C18H21ClN2O2. The summed E-state index contributed by atoms with van der Waals surface area (Å²) in [4.78, 5) is 26.7. The Morgan fingerprint density at radius 1 is 1.17 bits per heavy atom. The van der Waals surface area contributed by atoms with Crippen molar-refractivity contribution < 1.29 is 9.59 Å². The van der Waals surface area contributed by atoms with E-state index in [0.717, 1.165) is 45.2 Å². The largest absolute Gasteiger partial charge is 0.339 e. The lowest BCUT2D eigenvalue weighted by Gasteiger charge is -2.19. The van der Waals surface area contributed by atoms with Crippen LogP contribution in [0.2, 0.25) is 5.02 Å². The Kier molecular flexibility index (Phi) is 5.01. The van der Waals surface area contributed by atoms with Gasteiger partial charge in [0.05, 0.1) is 10.7 Å². The van der Waals surface area contributed by atoms with Gasteiger partial charge in [0.25, 0.3) is 5.91 Å². The van der Waals surface area contributed by atoms with Crippen molar-refractivity contribution in [3.05, 3.63) is 40.9 Å². The van der Waals surface area contributed by atoms with Crippen molar-refractivity contribution in [1.29, 1.82) is 0 Å². The van der Waals surface area contributed by atoms with Gasteiger partial charge >= 0.3 is 0 Å². The van der Waals surface area contributed by atoms with E-state index in [4.69, 9.17) is 11.6 Å². The zero-order valence-corrected chi connectivity index (χ0v) is 13.8. The molecule has 122 valence electrons. The van der Waals surface area contributed by atoms with Crippen molar-refractivity contribution in [2.24, 2.45) is 5.92 Å². The maximum Gasteiger partial charge on any atom is 0.253 e. The number of hydrogen-bond donors (Lipinski definition) is 1. The van der Waals surface area contributed by atoms with Crippen LogP contribution in [0.15, 0.2) is 30.4 Å². The number of rotatable bonds is 3. The number of benzene rings is 1. The van der Waals surface area contributed by atoms with Crippen molar-refractivity contribution in [3.8, 4) is 0 Å². The predicted octanol–water partition coefficient (Wildman–Crippen LogP) is 3.87. The molecular weight excluding hydrogens is 312 g/mol. The van der Waals surface area contributed by atoms with Gasteiger partial charge in [-0.2, -0.15) is 0 Å². The second-order valence-corrected chi connectivity index (χ2v) is 6.57. The first kappa shape index (κ1) is 16.1. The molecule has 1 aromatic rings. The fraction of sp³-hybridized carbons (Fsp3) is 0.444. The van der Waals surface area contributed by atoms with Gasteiger partial charge in [0.2, 0.25) is 5.91 Å². The fourth-order valence-electron chi connectivity index (χ4n) is 3.12. The van der Waals surface area contributed by atoms with Crippen LogP contribution < -0.4 is 5.32 Å². The summed E-state index contributed by atoms with van der Waals surface area (Å²) in [6.45, 7) is 1.61. The third kappa shape index (κ3) is 3.75. The van der Waals surface area contributed by atoms with Crippen LogP contribution >= 0.6 is 11.6 Å². The summed E-state index contributed by atoms with van der Waals surface area (Å²) in [6.07, 6.45) is 8.80. The monoisotopic (exact) mass is 332 g/mol. The first-order valence-corrected chi connectivity index (χ1v) is 8.57. The normalized spacial score (nSPS) is 20.6. The van der Waals surface area contributed by atoms with E-state index in [-0.39, 0.29) is 17.7 Å². The number of amides is 2. The Morgan fingerprint density at radius 3 is 2.65 bits per heavy atom. The van der Waals surface area contributed by atoms with E-state index in [1.165, 1.54) is 0 Å². The maximum atomic E-state index is 12.5. The number of likely N-dealkylation sites (tertiary alicyclic amines) is 1. The number of halogens is 1. The molecule has 3 rings (SSSR count). The Morgan fingerprint density at radius 2 is 1.96 bits per heavy atom. The molecule has 1 N–H and O–H groups in total. The van der Waals surface area contributed by atoms with Crippen LogP contribution in [-0.2, 0) is 4.79 Å². The van der Waals surface area contributed by atoms with Crippen molar-refractivity contribution in [1.82, 2.24) is 4.90 Å². The molecule has 1 saturated heterocycles. The number of carbonyl (C=O) groups excluding carboxylic acids is 2. The highest BCUT2D eigenvalue weighted by Crippen LogP contribution is 2.27. The second-order valence-electron chi connectivity index (χ2n) is 6.16. The van der Waals surface area contributed by atoms with Crippen LogP contribution in [0.3, 0.4) is 0 Å². The van der Waals surface area contributed by atoms with Crippen LogP contribution in [0.5, 0.6) is 0 Å². The number of nitrogens with zero attached hydrogens (tertiary/aromatic N) is 1. The fourth-order valence-corrected chi connectivity index (χ4v) is 3.29. The predicted molar refractivity (Wildman–Crippen MR) is 91.7 cm³/mol. The SMILES string of the molecule is O=C(Nc1cc(C(=O)N2CCCC2)ccc1Cl)[C@H]1CC=CCC1. The first-order chi connectivity index (χ1) is 11.1. The zero-order valence-electron chi connectivity index (χ0n) is 13.1. The molecule has 5 heteroatoms. The molecule has 0 bridgehead atoms. The van der Waals surface area contributed by atoms with Crippen LogP contribution in [0.4, 0.5) is 5.69 Å². The molecule has 1 aromatic carbocycles. The highest BCUT2D eigenvalue weighted by atomic mass is 35.5. The molecule has 0 spiro atoms. The Labute approximate surface area is 141 Å². The van der Waals surface area contributed by atoms with Gasteiger partial charge in [0, 0.05) is 24.6 Å². The van der Waals surface area contributed by atoms with Gasteiger partial charge in [-0.25, -0.2) is 0 Å². The third-order valence-corrected chi connectivity index (χ3v) is 4.83. The van der Waals surface area contributed by atoms with Gasteiger partial charge in [-0.1, -0.05) is 23.8 Å². The van der Waals surface area contributed by atoms with Crippen LogP contribution in [0, 0.1) is 5.92 Å². The molecule has 2 aliphatic rings. The Balaban J connectivity index is 1.73.